The summed E-state index contributed by atoms with van der Waals surface area (Å²) in [7, 11) is 0. The van der Waals surface area contributed by atoms with Gasteiger partial charge in [-0.2, -0.15) is 26.3 Å². The molecule has 0 aliphatic carbocycles. The van der Waals surface area contributed by atoms with Gasteiger partial charge in [-0.3, -0.25) is 4.79 Å². The minimum absolute atomic E-state index is 0.163. The summed E-state index contributed by atoms with van der Waals surface area (Å²) in [6, 6.07) is 8.02. The Morgan fingerprint density at radius 3 is 2.26 bits per heavy atom. The minimum Gasteiger partial charge on any atom is -0.489 e. The molecule has 2 aliphatic heterocycles. The zero-order valence-electron chi connectivity index (χ0n) is 20.2. The van der Waals surface area contributed by atoms with Crippen molar-refractivity contribution in [1.82, 2.24) is 10.2 Å². The third kappa shape index (κ3) is 7.03. The van der Waals surface area contributed by atoms with Crippen LogP contribution >= 0.6 is 11.8 Å². The highest BCUT2D eigenvalue weighted by atomic mass is 32.2. The topological polar surface area (TPSA) is 50.8 Å². The highest BCUT2D eigenvalue weighted by molar-refractivity contribution is 7.99. The maximum Gasteiger partial charge on any atom is 0.418 e. The van der Waals surface area contributed by atoms with Gasteiger partial charge in [0.2, 0.25) is 0 Å². The van der Waals surface area contributed by atoms with Gasteiger partial charge in [0, 0.05) is 35.8 Å². The number of ketones is 1. The number of halogens is 6. The maximum atomic E-state index is 14.2. The van der Waals surface area contributed by atoms with E-state index in [2.05, 4.69) is 5.32 Å². The van der Waals surface area contributed by atoms with Gasteiger partial charge in [-0.1, -0.05) is 23.9 Å². The molecule has 2 heterocycles. The highest BCUT2D eigenvalue weighted by Gasteiger charge is 2.47. The first-order valence-corrected chi connectivity index (χ1v) is 12.9. The van der Waals surface area contributed by atoms with Crippen molar-refractivity contribution in [2.75, 3.05) is 39.4 Å². The van der Waals surface area contributed by atoms with Crippen molar-refractivity contribution in [2.45, 2.75) is 41.1 Å². The third-order valence-corrected chi connectivity index (χ3v) is 7.25. The smallest absolute Gasteiger partial charge is 0.418 e. The Morgan fingerprint density at radius 1 is 0.947 bits per heavy atom. The first-order valence-electron chi connectivity index (χ1n) is 12.0. The first kappa shape index (κ1) is 28.3. The Labute approximate surface area is 220 Å². The Balaban J connectivity index is 1.72. The first-order chi connectivity index (χ1) is 18.0. The molecule has 4 rings (SSSR count). The van der Waals surface area contributed by atoms with Gasteiger partial charge in [0.1, 0.15) is 11.9 Å². The molecule has 2 aromatic rings. The number of alkyl halides is 6. The lowest BCUT2D eigenvalue weighted by atomic mass is 9.96. The molecule has 2 aromatic carbocycles. The lowest BCUT2D eigenvalue weighted by Gasteiger charge is -2.26. The van der Waals surface area contributed by atoms with Crippen molar-refractivity contribution < 1.29 is 40.6 Å². The summed E-state index contributed by atoms with van der Waals surface area (Å²) in [5.74, 6) is -0.875. The van der Waals surface area contributed by atoms with Gasteiger partial charge in [0.25, 0.3) is 0 Å². The van der Waals surface area contributed by atoms with Crippen molar-refractivity contribution in [3.63, 3.8) is 0 Å². The minimum atomic E-state index is -5.43. The zero-order valence-corrected chi connectivity index (χ0v) is 21.0. The van der Waals surface area contributed by atoms with E-state index < -0.39 is 39.7 Å². The predicted molar refractivity (Wildman–Crippen MR) is 129 cm³/mol. The number of carbonyl (C=O) groups excluding carboxylic acids is 1. The van der Waals surface area contributed by atoms with Crippen LogP contribution in [-0.2, 0) is 17.1 Å². The molecule has 206 valence electrons. The van der Waals surface area contributed by atoms with E-state index in [-0.39, 0.29) is 11.0 Å². The van der Waals surface area contributed by atoms with Gasteiger partial charge >= 0.3 is 12.4 Å². The number of rotatable bonds is 7. The van der Waals surface area contributed by atoms with E-state index >= 15 is 0 Å². The number of nitrogens with one attached hydrogen (secondary N) is 1. The van der Waals surface area contributed by atoms with E-state index in [1.807, 2.05) is 0 Å². The molecular weight excluding hydrogens is 534 g/mol. The largest absolute Gasteiger partial charge is 0.489 e. The number of carbonyl (C=O) groups is 1. The predicted octanol–water partition coefficient (Wildman–Crippen LogP) is 6.03. The maximum absolute atomic E-state index is 14.2. The second-order valence-electron chi connectivity index (χ2n) is 8.80. The summed E-state index contributed by atoms with van der Waals surface area (Å²) in [5.41, 5.74) is -4.95. The van der Waals surface area contributed by atoms with Gasteiger partial charge in [-0.05, 0) is 50.2 Å². The van der Waals surface area contributed by atoms with Crippen LogP contribution in [0.4, 0.5) is 26.3 Å². The monoisotopic (exact) mass is 560 g/mol. The van der Waals surface area contributed by atoms with Gasteiger partial charge in [0.15, 0.2) is 5.78 Å². The molecule has 2 aliphatic rings. The fourth-order valence-electron chi connectivity index (χ4n) is 4.28. The van der Waals surface area contributed by atoms with E-state index in [0.717, 1.165) is 31.3 Å². The summed E-state index contributed by atoms with van der Waals surface area (Å²) in [6.07, 6.45) is -7.42. The Bertz CT molecular complexity index is 1160. The van der Waals surface area contributed by atoms with Gasteiger partial charge in [-0.25, -0.2) is 0 Å². The molecule has 2 fully saturated rings. The molecule has 0 radical (unpaired) electrons. The van der Waals surface area contributed by atoms with E-state index in [1.54, 1.807) is 23.1 Å². The highest BCUT2D eigenvalue weighted by Crippen LogP contribution is 2.49. The normalized spacial score (nSPS) is 17.7. The molecule has 0 amide bonds. The van der Waals surface area contributed by atoms with E-state index in [1.165, 1.54) is 12.3 Å². The van der Waals surface area contributed by atoms with E-state index in [9.17, 15) is 31.1 Å². The Morgan fingerprint density at radius 2 is 1.61 bits per heavy atom. The van der Waals surface area contributed by atoms with Crippen LogP contribution in [0, 0.1) is 0 Å². The number of hydrogen-bond donors (Lipinski definition) is 1. The van der Waals surface area contributed by atoms with Gasteiger partial charge < -0.3 is 19.7 Å². The van der Waals surface area contributed by atoms with E-state index in [0.29, 0.717) is 56.7 Å². The SMILES string of the molecule is O=C(C=CN1CCOCC1)c1ccc(Sc2ccccc2OC2CCNCC2)c(C(F)(F)F)c1C(F)(F)F. The third-order valence-electron chi connectivity index (χ3n) is 6.13. The fraction of sp³-hybridized carbons (Fsp3) is 0.423. The molecule has 0 atom stereocenters. The average Bonchev–Trinajstić information content (AvgIpc) is 2.88. The van der Waals surface area contributed by atoms with Crippen molar-refractivity contribution in [3.05, 3.63) is 65.4 Å². The van der Waals surface area contributed by atoms with Crippen LogP contribution < -0.4 is 10.1 Å². The van der Waals surface area contributed by atoms with Crippen LogP contribution in [-0.4, -0.2) is 56.2 Å². The van der Waals surface area contributed by atoms with Crippen LogP contribution in [0.5, 0.6) is 5.75 Å². The molecule has 0 aromatic heterocycles. The molecule has 1 N–H and O–H groups in total. The quantitative estimate of drug-likeness (QED) is 0.254. The van der Waals surface area contributed by atoms with Crippen LogP contribution in [0.3, 0.4) is 0 Å². The van der Waals surface area contributed by atoms with Crippen molar-refractivity contribution in [3.8, 4) is 5.75 Å². The van der Waals surface area contributed by atoms with Crippen molar-refractivity contribution in [2.24, 2.45) is 0 Å². The number of ether oxygens (including phenoxy) is 2. The van der Waals surface area contributed by atoms with Crippen LogP contribution in [0.25, 0.3) is 0 Å². The number of para-hydroxylation sites is 1. The molecule has 38 heavy (non-hydrogen) atoms. The van der Waals surface area contributed by atoms with Crippen molar-refractivity contribution >= 4 is 17.5 Å². The second kappa shape index (κ2) is 12.0. The summed E-state index contributed by atoms with van der Waals surface area (Å²) >= 11 is 0.531. The standard InChI is InChI=1S/C26H26F6N2O3S/c27-25(28,29)23-18(19(35)9-12-34-13-15-36-16-14-34)5-6-22(24(23)26(30,31)32)38-21-4-2-1-3-20(21)37-17-7-10-33-11-8-17/h1-6,9,12,17,33H,7-8,10-11,13-16H2. The number of allylic oxidation sites excluding steroid dienone is 1. The lowest BCUT2D eigenvalue weighted by Crippen LogP contribution is -2.34. The summed E-state index contributed by atoms with van der Waals surface area (Å²) in [5, 5.41) is 3.18. The van der Waals surface area contributed by atoms with Crippen LogP contribution in [0.2, 0.25) is 0 Å². The average molecular weight is 561 g/mol. The molecule has 0 spiro atoms. The van der Waals surface area contributed by atoms with Crippen LogP contribution in [0.1, 0.15) is 34.3 Å². The number of hydrogen-bond acceptors (Lipinski definition) is 6. The zero-order chi connectivity index (χ0) is 27.3. The Hall–Kier alpha value is -2.70. The summed E-state index contributed by atoms with van der Waals surface area (Å²) < 4.78 is 96.3. The number of piperidine rings is 1. The molecule has 0 bridgehead atoms. The van der Waals surface area contributed by atoms with Gasteiger partial charge in [-0.15, -0.1) is 0 Å². The second-order valence-corrected chi connectivity index (χ2v) is 9.88. The molecular formula is C26H26F6N2O3S. The number of morpholine rings is 1. The fourth-order valence-corrected chi connectivity index (χ4v) is 5.34. The molecule has 2 saturated heterocycles. The summed E-state index contributed by atoms with van der Waals surface area (Å²) in [6.45, 7) is 3.03. The molecule has 12 heteroatoms. The Kier molecular flexibility index (Phi) is 8.94. The van der Waals surface area contributed by atoms with Crippen molar-refractivity contribution in [1.29, 1.82) is 0 Å². The molecule has 0 saturated carbocycles. The molecule has 0 unspecified atom stereocenters. The number of benzene rings is 2. The molecule has 5 nitrogen and oxygen atoms in total. The van der Waals surface area contributed by atoms with Crippen LogP contribution in [0.15, 0.2) is 58.5 Å². The lowest BCUT2D eigenvalue weighted by molar-refractivity contribution is -0.163. The number of nitrogens with zero attached hydrogens (tertiary/aromatic N) is 1. The van der Waals surface area contributed by atoms with E-state index in [4.69, 9.17) is 9.47 Å². The summed E-state index contributed by atoms with van der Waals surface area (Å²) in [4.78, 5) is 14.0. The van der Waals surface area contributed by atoms with Gasteiger partial charge in [0.05, 0.1) is 29.2 Å².